The number of halogens is 1. The van der Waals surface area contributed by atoms with Gasteiger partial charge < -0.3 is 9.26 Å². The van der Waals surface area contributed by atoms with Crippen LogP contribution in [-0.4, -0.2) is 32.4 Å². The molecule has 2 aromatic carbocycles. The van der Waals surface area contributed by atoms with Crippen molar-refractivity contribution >= 4 is 34.3 Å². The normalized spacial score (nSPS) is 11.5. The molecule has 7 nitrogen and oxygen atoms in total. The third kappa shape index (κ3) is 6.22. The first-order valence-electron chi connectivity index (χ1n) is 10.8. The number of ether oxygens (including phenoxy) is 1. The van der Waals surface area contributed by atoms with Gasteiger partial charge in [0, 0.05) is 24.6 Å². The van der Waals surface area contributed by atoms with Gasteiger partial charge in [-0.05, 0) is 44.0 Å². The number of thioether (sulfide) groups is 1. The van der Waals surface area contributed by atoms with E-state index in [9.17, 15) is 4.79 Å². The summed E-state index contributed by atoms with van der Waals surface area (Å²) in [5, 5.41) is 5.74. The topological polar surface area (TPSA) is 83.0 Å². The lowest BCUT2D eigenvalue weighted by molar-refractivity contribution is 0.0743. The average Bonchev–Trinajstić information content (AvgIpc) is 3.24. The molecule has 2 aromatic heterocycles. The lowest BCUT2D eigenvalue weighted by atomic mass is 10.1. The van der Waals surface area contributed by atoms with Crippen molar-refractivity contribution in [1.82, 2.24) is 19.7 Å². The minimum absolute atomic E-state index is 0.0981. The van der Waals surface area contributed by atoms with Gasteiger partial charge >= 0.3 is 0 Å². The Labute approximate surface area is 201 Å². The van der Waals surface area contributed by atoms with Crippen LogP contribution in [0.3, 0.4) is 0 Å². The molecular formula is C24H25ClN4O3S. The minimum Gasteiger partial charge on any atom is -0.379 e. The van der Waals surface area contributed by atoms with Gasteiger partial charge in [0.05, 0.1) is 22.8 Å². The molecule has 0 unspecified atom stereocenters. The van der Waals surface area contributed by atoms with E-state index in [0.717, 1.165) is 5.56 Å². The first-order valence-corrected chi connectivity index (χ1v) is 12.2. The summed E-state index contributed by atoms with van der Waals surface area (Å²) < 4.78 is 12.7. The van der Waals surface area contributed by atoms with Crippen molar-refractivity contribution in [3.8, 4) is 0 Å². The van der Waals surface area contributed by atoms with Crippen molar-refractivity contribution in [3.05, 3.63) is 81.2 Å². The fourth-order valence-electron chi connectivity index (χ4n) is 3.35. The Bertz CT molecular complexity index is 1270. The highest BCUT2D eigenvalue weighted by atomic mass is 35.5. The quantitative estimate of drug-likeness (QED) is 0.175. The van der Waals surface area contributed by atoms with E-state index in [4.69, 9.17) is 25.8 Å². The summed E-state index contributed by atoms with van der Waals surface area (Å²) in [7, 11) is 0. The molecule has 0 bridgehead atoms. The van der Waals surface area contributed by atoms with Crippen LogP contribution < -0.4 is 5.56 Å². The first-order chi connectivity index (χ1) is 16.0. The van der Waals surface area contributed by atoms with Crippen LogP contribution in [0.5, 0.6) is 0 Å². The smallest absolute Gasteiger partial charge is 0.262 e. The van der Waals surface area contributed by atoms with Gasteiger partial charge in [-0.25, -0.2) is 4.98 Å². The molecule has 0 amide bonds. The molecule has 33 heavy (non-hydrogen) atoms. The third-order valence-corrected chi connectivity index (χ3v) is 6.10. The van der Waals surface area contributed by atoms with Crippen molar-refractivity contribution in [1.29, 1.82) is 0 Å². The predicted octanol–water partition coefficient (Wildman–Crippen LogP) is 5.13. The molecule has 0 N–H and O–H groups in total. The summed E-state index contributed by atoms with van der Waals surface area (Å²) in [5.74, 6) is 1.52. The van der Waals surface area contributed by atoms with Crippen LogP contribution in [0.4, 0.5) is 0 Å². The Morgan fingerprint density at radius 2 is 1.97 bits per heavy atom. The Hall–Kier alpha value is -2.68. The van der Waals surface area contributed by atoms with E-state index >= 15 is 0 Å². The second-order valence-corrected chi connectivity index (χ2v) is 9.22. The average molecular weight is 485 g/mol. The van der Waals surface area contributed by atoms with E-state index in [2.05, 4.69) is 10.1 Å². The summed E-state index contributed by atoms with van der Waals surface area (Å²) in [5.41, 5.74) is 1.59. The lowest BCUT2D eigenvalue weighted by Crippen LogP contribution is -2.24. The van der Waals surface area contributed by atoms with Gasteiger partial charge in [0.25, 0.3) is 5.56 Å². The monoisotopic (exact) mass is 484 g/mol. The maximum absolute atomic E-state index is 13.2. The standard InChI is InChI=1S/C24H25ClN4O3S/c1-16(2)31-12-6-11-29-23(30)19-10-9-18(25)14-20(19)26-24(29)33-15-22-27-21(28-32-22)13-17-7-4-3-5-8-17/h3-5,7-10,14,16H,6,11-13,15H2,1-2H3. The Morgan fingerprint density at radius 3 is 2.76 bits per heavy atom. The van der Waals surface area contributed by atoms with Gasteiger partial charge in [-0.3, -0.25) is 9.36 Å². The van der Waals surface area contributed by atoms with E-state index in [1.165, 1.54) is 11.8 Å². The molecule has 0 fully saturated rings. The number of rotatable bonds is 10. The predicted molar refractivity (Wildman–Crippen MR) is 130 cm³/mol. The molecule has 0 aliphatic carbocycles. The zero-order valence-corrected chi connectivity index (χ0v) is 20.1. The zero-order chi connectivity index (χ0) is 23.2. The summed E-state index contributed by atoms with van der Waals surface area (Å²) in [6, 6.07) is 15.1. The van der Waals surface area contributed by atoms with Crippen molar-refractivity contribution < 1.29 is 9.26 Å². The largest absolute Gasteiger partial charge is 0.379 e. The number of nitrogens with zero attached hydrogens (tertiary/aromatic N) is 4. The Kier molecular flexibility index (Phi) is 7.80. The van der Waals surface area contributed by atoms with E-state index in [1.54, 1.807) is 22.8 Å². The van der Waals surface area contributed by atoms with Gasteiger partial charge in [-0.1, -0.05) is 58.9 Å². The lowest BCUT2D eigenvalue weighted by Gasteiger charge is -2.13. The van der Waals surface area contributed by atoms with Crippen LogP contribution in [0.1, 0.15) is 37.5 Å². The fraction of sp³-hybridized carbons (Fsp3) is 0.333. The number of hydrogen-bond donors (Lipinski definition) is 0. The molecular weight excluding hydrogens is 460 g/mol. The van der Waals surface area contributed by atoms with Crippen molar-refractivity contribution in [3.63, 3.8) is 0 Å². The highest BCUT2D eigenvalue weighted by Gasteiger charge is 2.15. The molecule has 0 spiro atoms. The Morgan fingerprint density at radius 1 is 1.15 bits per heavy atom. The van der Waals surface area contributed by atoms with Crippen molar-refractivity contribution in [2.75, 3.05) is 6.61 Å². The van der Waals surface area contributed by atoms with Crippen molar-refractivity contribution in [2.24, 2.45) is 0 Å². The van der Waals surface area contributed by atoms with Crippen LogP contribution in [0.15, 0.2) is 63.0 Å². The Balaban J connectivity index is 1.53. The highest BCUT2D eigenvalue weighted by Crippen LogP contribution is 2.23. The summed E-state index contributed by atoms with van der Waals surface area (Å²) >= 11 is 7.52. The number of benzene rings is 2. The molecule has 172 valence electrons. The third-order valence-electron chi connectivity index (χ3n) is 4.90. The number of fused-ring (bicyclic) bond motifs is 1. The molecule has 0 aliphatic rings. The molecule has 9 heteroatoms. The molecule has 0 atom stereocenters. The zero-order valence-electron chi connectivity index (χ0n) is 18.5. The van der Waals surface area contributed by atoms with E-state index in [0.29, 0.717) is 64.5 Å². The fourth-order valence-corrected chi connectivity index (χ4v) is 4.38. The van der Waals surface area contributed by atoms with Crippen molar-refractivity contribution in [2.45, 2.75) is 50.2 Å². The number of hydrogen-bond acceptors (Lipinski definition) is 7. The molecule has 0 radical (unpaired) electrons. The minimum atomic E-state index is -0.0981. The second-order valence-electron chi connectivity index (χ2n) is 7.84. The molecule has 4 rings (SSSR count). The van der Waals surface area contributed by atoms with Gasteiger partial charge in [0.2, 0.25) is 5.89 Å². The first kappa shape index (κ1) is 23.5. The number of aromatic nitrogens is 4. The molecule has 2 heterocycles. The van der Waals surface area contributed by atoms with Crippen LogP contribution in [0, 0.1) is 0 Å². The summed E-state index contributed by atoms with van der Waals surface area (Å²) in [6.45, 7) is 5.05. The van der Waals surface area contributed by atoms with E-state index in [-0.39, 0.29) is 11.7 Å². The van der Waals surface area contributed by atoms with Crippen LogP contribution in [0.2, 0.25) is 5.02 Å². The maximum Gasteiger partial charge on any atom is 0.262 e. The van der Waals surface area contributed by atoms with Gasteiger partial charge in [0.1, 0.15) is 0 Å². The SMILES string of the molecule is CC(C)OCCCn1c(SCc2nc(Cc3ccccc3)no2)nc2cc(Cl)ccc2c1=O. The summed E-state index contributed by atoms with van der Waals surface area (Å²) in [4.78, 5) is 22.4. The maximum atomic E-state index is 13.2. The molecule has 0 aliphatic heterocycles. The second kappa shape index (κ2) is 11.0. The van der Waals surface area contributed by atoms with E-state index in [1.807, 2.05) is 44.2 Å². The van der Waals surface area contributed by atoms with Gasteiger partial charge in [-0.15, -0.1) is 0 Å². The molecule has 0 saturated heterocycles. The summed E-state index contributed by atoms with van der Waals surface area (Å²) in [6.07, 6.45) is 1.45. The highest BCUT2D eigenvalue weighted by molar-refractivity contribution is 7.98. The molecule has 4 aromatic rings. The molecule has 0 saturated carbocycles. The van der Waals surface area contributed by atoms with Crippen LogP contribution >= 0.6 is 23.4 Å². The van der Waals surface area contributed by atoms with Gasteiger partial charge in [-0.2, -0.15) is 4.98 Å². The van der Waals surface area contributed by atoms with E-state index < -0.39 is 0 Å². The van der Waals surface area contributed by atoms with Gasteiger partial charge in [0.15, 0.2) is 11.0 Å². The van der Waals surface area contributed by atoms with Crippen LogP contribution in [-0.2, 0) is 23.5 Å². The van der Waals surface area contributed by atoms with Crippen LogP contribution in [0.25, 0.3) is 10.9 Å².